The van der Waals surface area contributed by atoms with E-state index in [-0.39, 0.29) is 0 Å². The molecule has 0 spiro atoms. The average molecular weight is 236 g/mol. The van der Waals surface area contributed by atoms with E-state index in [9.17, 15) is 0 Å². The predicted octanol–water partition coefficient (Wildman–Crippen LogP) is 2.77. The van der Waals surface area contributed by atoms with Gasteiger partial charge < -0.3 is 5.73 Å². The highest BCUT2D eigenvalue weighted by molar-refractivity contribution is 4.94. The fraction of sp³-hybridized carbons (Fsp3) is 1.00. The van der Waals surface area contributed by atoms with Crippen LogP contribution in [0.2, 0.25) is 0 Å². The van der Waals surface area contributed by atoms with Gasteiger partial charge in [0.25, 0.3) is 0 Å². The van der Waals surface area contributed by atoms with E-state index in [4.69, 9.17) is 5.73 Å². The van der Waals surface area contributed by atoms with Crippen LogP contribution < -0.4 is 5.73 Å². The van der Waals surface area contributed by atoms with Crippen LogP contribution in [0.3, 0.4) is 0 Å². The van der Waals surface area contributed by atoms with E-state index in [0.29, 0.717) is 6.04 Å². The van der Waals surface area contributed by atoms with Crippen molar-refractivity contribution in [1.29, 1.82) is 0 Å². The van der Waals surface area contributed by atoms with Crippen LogP contribution in [0, 0.1) is 11.8 Å². The Labute approximate surface area is 106 Å². The summed E-state index contributed by atoms with van der Waals surface area (Å²) in [5.41, 5.74) is 6.12. The molecule has 0 heterocycles. The minimum Gasteiger partial charge on any atom is -0.329 e. The third kappa shape index (κ3) is 3.03. The molecule has 2 heteroatoms. The van der Waals surface area contributed by atoms with Crippen LogP contribution in [-0.2, 0) is 0 Å². The molecule has 0 aromatic rings. The minimum absolute atomic E-state index is 0.711. The Kier molecular flexibility index (Phi) is 3.72. The van der Waals surface area contributed by atoms with Crippen molar-refractivity contribution in [3.05, 3.63) is 0 Å². The first kappa shape index (κ1) is 12.0. The Bertz CT molecular complexity index is 239. The molecular formula is C15H28N2. The Morgan fingerprint density at radius 2 is 1.65 bits per heavy atom. The average Bonchev–Trinajstić information content (AvgIpc) is 3.24. The monoisotopic (exact) mass is 236 g/mol. The summed E-state index contributed by atoms with van der Waals surface area (Å²) in [7, 11) is 0. The van der Waals surface area contributed by atoms with Crippen molar-refractivity contribution >= 4 is 0 Å². The minimum atomic E-state index is 0.711. The zero-order chi connectivity index (χ0) is 11.7. The summed E-state index contributed by atoms with van der Waals surface area (Å²) in [4.78, 5) is 2.83. The highest BCUT2D eigenvalue weighted by Gasteiger charge is 2.39. The van der Waals surface area contributed by atoms with Gasteiger partial charge in [0.2, 0.25) is 0 Å². The number of hydrogen-bond donors (Lipinski definition) is 1. The number of nitrogens with zero attached hydrogens (tertiary/aromatic N) is 1. The molecule has 0 aromatic carbocycles. The first-order valence-corrected chi connectivity index (χ1v) is 7.84. The van der Waals surface area contributed by atoms with E-state index in [1.54, 1.807) is 0 Å². The van der Waals surface area contributed by atoms with Gasteiger partial charge in [-0.2, -0.15) is 0 Å². The lowest BCUT2D eigenvalue weighted by molar-refractivity contribution is 0.109. The van der Waals surface area contributed by atoms with E-state index in [1.807, 2.05) is 0 Å². The highest BCUT2D eigenvalue weighted by Crippen LogP contribution is 2.39. The van der Waals surface area contributed by atoms with Gasteiger partial charge in [-0.25, -0.2) is 0 Å². The van der Waals surface area contributed by atoms with Crippen LogP contribution in [0.4, 0.5) is 0 Å². The predicted molar refractivity (Wildman–Crippen MR) is 71.9 cm³/mol. The van der Waals surface area contributed by atoms with Crippen LogP contribution >= 0.6 is 0 Å². The van der Waals surface area contributed by atoms with Gasteiger partial charge in [0.1, 0.15) is 0 Å². The first-order chi connectivity index (χ1) is 8.38. The van der Waals surface area contributed by atoms with E-state index < -0.39 is 0 Å². The normalized spacial score (nSPS) is 28.6. The number of rotatable bonds is 6. The Morgan fingerprint density at radius 1 is 0.941 bits per heavy atom. The largest absolute Gasteiger partial charge is 0.329 e. The van der Waals surface area contributed by atoms with Gasteiger partial charge >= 0.3 is 0 Å². The quantitative estimate of drug-likeness (QED) is 0.768. The van der Waals surface area contributed by atoms with E-state index >= 15 is 0 Å². The summed E-state index contributed by atoms with van der Waals surface area (Å²) < 4.78 is 0. The van der Waals surface area contributed by atoms with Crippen LogP contribution in [0.25, 0.3) is 0 Å². The molecule has 0 bridgehead atoms. The molecule has 2 N–H and O–H groups in total. The zero-order valence-electron chi connectivity index (χ0n) is 11.1. The van der Waals surface area contributed by atoms with E-state index in [0.717, 1.165) is 24.4 Å². The van der Waals surface area contributed by atoms with Crippen LogP contribution in [0.5, 0.6) is 0 Å². The Balaban J connectivity index is 1.62. The molecule has 0 aromatic heterocycles. The summed E-state index contributed by atoms with van der Waals surface area (Å²) >= 11 is 0. The summed E-state index contributed by atoms with van der Waals surface area (Å²) in [5, 5.41) is 0. The summed E-state index contributed by atoms with van der Waals surface area (Å²) in [6, 6.07) is 1.62. The maximum Gasteiger partial charge on any atom is 0.0249 e. The molecule has 1 atom stereocenters. The standard InChI is InChI=1S/C15H28N2/c16-10-15(13-4-2-1-3-5-13)17(14-8-9-14)11-12-6-7-12/h12-15H,1-11,16H2. The van der Waals surface area contributed by atoms with Crippen molar-refractivity contribution < 1.29 is 0 Å². The molecule has 3 aliphatic carbocycles. The fourth-order valence-corrected chi connectivity index (χ4v) is 3.68. The number of nitrogens with two attached hydrogens (primary N) is 1. The third-order valence-electron chi connectivity index (χ3n) is 5.04. The molecule has 3 saturated carbocycles. The third-order valence-corrected chi connectivity index (χ3v) is 5.04. The van der Waals surface area contributed by atoms with Crippen molar-refractivity contribution in [2.45, 2.75) is 69.9 Å². The second-order valence-electron chi connectivity index (χ2n) is 6.57. The molecule has 98 valence electrons. The van der Waals surface area contributed by atoms with Crippen molar-refractivity contribution in [3.63, 3.8) is 0 Å². The van der Waals surface area contributed by atoms with Gasteiger partial charge in [0.15, 0.2) is 0 Å². The van der Waals surface area contributed by atoms with Gasteiger partial charge in [-0.05, 0) is 50.4 Å². The van der Waals surface area contributed by atoms with Crippen LogP contribution in [-0.4, -0.2) is 30.1 Å². The molecule has 0 saturated heterocycles. The SMILES string of the molecule is NCC(C1CCCCC1)N(CC1CC1)C1CC1. The lowest BCUT2D eigenvalue weighted by atomic mass is 9.83. The number of hydrogen-bond acceptors (Lipinski definition) is 2. The molecule has 0 radical (unpaired) electrons. The molecule has 3 aliphatic rings. The second kappa shape index (κ2) is 5.27. The second-order valence-corrected chi connectivity index (χ2v) is 6.57. The van der Waals surface area contributed by atoms with Crippen LogP contribution in [0.1, 0.15) is 57.8 Å². The van der Waals surface area contributed by atoms with E-state index in [2.05, 4.69) is 4.90 Å². The smallest absolute Gasteiger partial charge is 0.0249 e. The van der Waals surface area contributed by atoms with Crippen molar-refractivity contribution in [3.8, 4) is 0 Å². The van der Waals surface area contributed by atoms with Crippen LogP contribution in [0.15, 0.2) is 0 Å². The van der Waals surface area contributed by atoms with Crippen molar-refractivity contribution in [1.82, 2.24) is 4.90 Å². The maximum atomic E-state index is 6.12. The lowest BCUT2D eigenvalue weighted by Gasteiger charge is -2.38. The molecule has 1 unspecified atom stereocenters. The Morgan fingerprint density at radius 3 is 2.18 bits per heavy atom. The van der Waals surface area contributed by atoms with Gasteiger partial charge in [0.05, 0.1) is 0 Å². The summed E-state index contributed by atoms with van der Waals surface area (Å²) in [6.07, 6.45) is 13.1. The van der Waals surface area contributed by atoms with Gasteiger partial charge in [-0.3, -0.25) is 4.90 Å². The summed E-state index contributed by atoms with van der Waals surface area (Å²) in [5.74, 6) is 1.93. The van der Waals surface area contributed by atoms with Gasteiger partial charge in [0, 0.05) is 25.2 Å². The van der Waals surface area contributed by atoms with Crippen molar-refractivity contribution in [2.24, 2.45) is 17.6 Å². The van der Waals surface area contributed by atoms with Crippen molar-refractivity contribution in [2.75, 3.05) is 13.1 Å². The maximum absolute atomic E-state index is 6.12. The molecule has 3 fully saturated rings. The molecule has 3 rings (SSSR count). The molecule has 2 nitrogen and oxygen atoms in total. The fourth-order valence-electron chi connectivity index (χ4n) is 3.68. The van der Waals surface area contributed by atoms with E-state index in [1.165, 1.54) is 64.3 Å². The zero-order valence-corrected chi connectivity index (χ0v) is 11.1. The van der Waals surface area contributed by atoms with Gasteiger partial charge in [-0.1, -0.05) is 19.3 Å². The molecular weight excluding hydrogens is 208 g/mol. The first-order valence-electron chi connectivity index (χ1n) is 7.84. The molecule has 0 amide bonds. The Hall–Kier alpha value is -0.0800. The summed E-state index contributed by atoms with van der Waals surface area (Å²) in [6.45, 7) is 2.26. The van der Waals surface area contributed by atoms with Gasteiger partial charge in [-0.15, -0.1) is 0 Å². The topological polar surface area (TPSA) is 29.3 Å². The molecule has 0 aliphatic heterocycles. The molecule has 17 heavy (non-hydrogen) atoms. The highest BCUT2D eigenvalue weighted by atomic mass is 15.2. The lowest BCUT2D eigenvalue weighted by Crippen LogP contribution is -2.48.